The molecule has 4 aliphatic carbocycles. The Morgan fingerprint density at radius 3 is 2.22 bits per heavy atom. The third-order valence-corrected chi connectivity index (χ3v) is 10.2. The zero-order valence-electron chi connectivity index (χ0n) is 25.6. The van der Waals surface area contributed by atoms with Crippen molar-refractivity contribution in [3.8, 4) is 11.5 Å². The Morgan fingerprint density at radius 1 is 0.933 bits per heavy atom. The standard InChI is InChI=1S/C38H38N2O5/c1-3-7-29-17-25(19-33(44-2)34(29)45-23-24-8-5-4-6-9-24)18-32-35(41)39-37(43)40(36(32)42)31-12-10-30(11-13-31)38-20-26-14-27(21-38)16-28(15-26)22-38/h3-6,8-13,17-19,26-28H,1,7,14-16,20-23H2,2H3,(H,39,41,43)/b32-18+. The highest BCUT2D eigenvalue weighted by Crippen LogP contribution is 2.60. The van der Waals surface area contributed by atoms with Crippen molar-refractivity contribution in [3.63, 3.8) is 0 Å². The third-order valence-electron chi connectivity index (χ3n) is 10.2. The van der Waals surface area contributed by atoms with Crippen molar-refractivity contribution in [2.45, 2.75) is 57.0 Å². The largest absolute Gasteiger partial charge is 0.493 e. The molecule has 1 heterocycles. The lowest BCUT2D eigenvalue weighted by molar-refractivity contribution is -0.122. The number of imide groups is 2. The van der Waals surface area contributed by atoms with E-state index in [0.717, 1.165) is 33.8 Å². The van der Waals surface area contributed by atoms with Gasteiger partial charge in [0.25, 0.3) is 11.8 Å². The highest BCUT2D eigenvalue weighted by molar-refractivity contribution is 6.39. The maximum absolute atomic E-state index is 13.8. The minimum absolute atomic E-state index is 0.135. The summed E-state index contributed by atoms with van der Waals surface area (Å²) in [4.78, 5) is 40.8. The Bertz CT molecular complexity index is 1660. The van der Waals surface area contributed by atoms with E-state index < -0.39 is 17.8 Å². The van der Waals surface area contributed by atoms with Crippen molar-refractivity contribution in [1.29, 1.82) is 0 Å². The Balaban J connectivity index is 1.16. The van der Waals surface area contributed by atoms with Gasteiger partial charge < -0.3 is 9.47 Å². The van der Waals surface area contributed by atoms with Crippen LogP contribution in [0.5, 0.6) is 11.5 Å². The molecule has 0 radical (unpaired) electrons. The number of nitrogens with zero attached hydrogens (tertiary/aromatic N) is 1. The number of methoxy groups -OCH3 is 1. The van der Waals surface area contributed by atoms with Crippen LogP contribution in [-0.2, 0) is 28.0 Å². The number of hydrogen-bond acceptors (Lipinski definition) is 5. The summed E-state index contributed by atoms with van der Waals surface area (Å²) in [6, 6.07) is 20.5. The van der Waals surface area contributed by atoms with Crippen LogP contribution in [0, 0.1) is 17.8 Å². The Labute approximate surface area is 263 Å². The number of benzene rings is 3. The van der Waals surface area contributed by atoms with Crippen LogP contribution >= 0.6 is 0 Å². The zero-order valence-corrected chi connectivity index (χ0v) is 25.6. The predicted octanol–water partition coefficient (Wildman–Crippen LogP) is 7.14. The second-order valence-electron chi connectivity index (χ2n) is 13.2. The van der Waals surface area contributed by atoms with Gasteiger partial charge in [0.2, 0.25) is 0 Å². The molecule has 4 bridgehead atoms. The highest BCUT2D eigenvalue weighted by atomic mass is 16.5. The number of ether oxygens (including phenoxy) is 2. The van der Waals surface area contributed by atoms with Crippen LogP contribution in [0.25, 0.3) is 6.08 Å². The highest BCUT2D eigenvalue weighted by Gasteiger charge is 2.51. The lowest BCUT2D eigenvalue weighted by atomic mass is 9.48. The number of anilines is 1. The van der Waals surface area contributed by atoms with E-state index in [0.29, 0.717) is 35.8 Å². The summed E-state index contributed by atoms with van der Waals surface area (Å²) >= 11 is 0. The van der Waals surface area contributed by atoms with Gasteiger partial charge in [-0.3, -0.25) is 14.9 Å². The molecule has 230 valence electrons. The fourth-order valence-corrected chi connectivity index (χ4v) is 8.61. The number of carbonyl (C=O) groups excluding carboxylic acids is 3. The zero-order chi connectivity index (χ0) is 31.1. The Hall–Kier alpha value is -4.65. The van der Waals surface area contributed by atoms with Gasteiger partial charge >= 0.3 is 6.03 Å². The van der Waals surface area contributed by atoms with E-state index in [-0.39, 0.29) is 11.0 Å². The summed E-state index contributed by atoms with van der Waals surface area (Å²) in [6.45, 7) is 4.22. The summed E-state index contributed by atoms with van der Waals surface area (Å²) in [6.07, 6.45) is 11.5. The third kappa shape index (κ3) is 5.45. The number of urea groups is 1. The van der Waals surface area contributed by atoms with Crippen LogP contribution in [0.3, 0.4) is 0 Å². The first-order chi connectivity index (χ1) is 21.9. The first-order valence-electron chi connectivity index (χ1n) is 15.9. The summed E-state index contributed by atoms with van der Waals surface area (Å²) in [5, 5.41) is 2.36. The van der Waals surface area contributed by atoms with E-state index in [9.17, 15) is 14.4 Å². The predicted molar refractivity (Wildman–Crippen MR) is 173 cm³/mol. The molecular formula is C38H38N2O5. The number of rotatable bonds is 9. The van der Waals surface area contributed by atoms with Crippen LogP contribution in [0.15, 0.2) is 85.0 Å². The molecule has 3 aromatic carbocycles. The minimum Gasteiger partial charge on any atom is -0.493 e. The minimum atomic E-state index is -0.751. The van der Waals surface area contributed by atoms with Crippen molar-refractivity contribution in [3.05, 3.63) is 107 Å². The Morgan fingerprint density at radius 2 is 1.60 bits per heavy atom. The van der Waals surface area contributed by atoms with E-state index >= 15 is 0 Å². The van der Waals surface area contributed by atoms with E-state index in [4.69, 9.17) is 9.47 Å². The van der Waals surface area contributed by atoms with E-state index in [1.807, 2.05) is 48.5 Å². The summed E-state index contributed by atoms with van der Waals surface area (Å²) in [5.74, 6) is 2.09. The summed E-state index contributed by atoms with van der Waals surface area (Å²) < 4.78 is 11.8. The number of nitrogens with one attached hydrogen (secondary N) is 1. The van der Waals surface area contributed by atoms with Crippen LogP contribution in [0.2, 0.25) is 0 Å². The second kappa shape index (κ2) is 11.7. The normalized spacial score (nSPS) is 26.2. The van der Waals surface area contributed by atoms with Gasteiger partial charge in [0.05, 0.1) is 12.8 Å². The van der Waals surface area contributed by atoms with Crippen molar-refractivity contribution >= 4 is 29.6 Å². The van der Waals surface area contributed by atoms with Gasteiger partial charge in [0.15, 0.2) is 11.5 Å². The fourth-order valence-electron chi connectivity index (χ4n) is 8.61. The number of hydrogen-bond donors (Lipinski definition) is 1. The smallest absolute Gasteiger partial charge is 0.335 e. The molecule has 1 saturated heterocycles. The van der Waals surface area contributed by atoms with Crippen molar-refractivity contribution < 1.29 is 23.9 Å². The van der Waals surface area contributed by atoms with Crippen molar-refractivity contribution in [2.24, 2.45) is 17.8 Å². The topological polar surface area (TPSA) is 84.9 Å². The molecule has 7 nitrogen and oxygen atoms in total. The molecular weight excluding hydrogens is 564 g/mol. The molecule has 1 aliphatic heterocycles. The van der Waals surface area contributed by atoms with Gasteiger partial charge in [-0.1, -0.05) is 48.5 Å². The second-order valence-corrected chi connectivity index (χ2v) is 13.2. The van der Waals surface area contributed by atoms with E-state index in [1.54, 1.807) is 19.3 Å². The van der Waals surface area contributed by atoms with Gasteiger partial charge in [-0.25, -0.2) is 9.69 Å². The molecule has 7 heteroatoms. The number of amides is 4. The van der Waals surface area contributed by atoms with Crippen molar-refractivity contribution in [2.75, 3.05) is 12.0 Å². The van der Waals surface area contributed by atoms with Gasteiger partial charge in [-0.2, -0.15) is 0 Å². The molecule has 3 aromatic rings. The molecule has 45 heavy (non-hydrogen) atoms. The lowest BCUT2D eigenvalue weighted by Gasteiger charge is -2.57. The van der Waals surface area contributed by atoms with E-state index in [1.165, 1.54) is 50.2 Å². The first kappa shape index (κ1) is 29.1. The monoisotopic (exact) mass is 602 g/mol. The molecule has 5 fully saturated rings. The average molecular weight is 603 g/mol. The molecule has 1 N–H and O–H groups in total. The lowest BCUT2D eigenvalue weighted by Crippen LogP contribution is -2.54. The summed E-state index contributed by atoms with van der Waals surface area (Å²) in [5.41, 5.74) is 4.20. The molecule has 8 rings (SSSR count). The van der Waals surface area contributed by atoms with Crippen LogP contribution in [0.1, 0.15) is 60.8 Å². The number of allylic oxidation sites excluding steroid dienone is 1. The Kier molecular flexibility index (Phi) is 7.56. The maximum atomic E-state index is 13.8. The quantitative estimate of drug-likeness (QED) is 0.160. The fraction of sp³-hybridized carbons (Fsp3) is 0.342. The molecule has 4 saturated carbocycles. The van der Waals surface area contributed by atoms with Gasteiger partial charge in [-0.15, -0.1) is 6.58 Å². The molecule has 0 unspecified atom stereocenters. The van der Waals surface area contributed by atoms with Crippen molar-refractivity contribution in [1.82, 2.24) is 5.32 Å². The SMILES string of the molecule is C=CCc1cc(/C=C2\C(=O)NC(=O)N(c3ccc(C45CC6CC(CC(C6)C4)C5)cc3)C2=O)cc(OC)c1OCc1ccccc1. The van der Waals surface area contributed by atoms with Gasteiger partial charge in [-0.05, 0) is 115 Å². The molecule has 5 aliphatic rings. The molecule has 0 aromatic heterocycles. The van der Waals surface area contributed by atoms with Crippen LogP contribution in [0.4, 0.5) is 10.5 Å². The molecule has 4 amide bonds. The number of carbonyl (C=O) groups is 3. The summed E-state index contributed by atoms with van der Waals surface area (Å²) in [7, 11) is 1.55. The van der Waals surface area contributed by atoms with E-state index in [2.05, 4.69) is 24.0 Å². The maximum Gasteiger partial charge on any atom is 0.335 e. The van der Waals surface area contributed by atoms with Gasteiger partial charge in [0, 0.05) is 5.56 Å². The number of barbiturate groups is 1. The first-order valence-corrected chi connectivity index (χ1v) is 15.9. The van der Waals surface area contributed by atoms with Gasteiger partial charge in [0.1, 0.15) is 12.2 Å². The van der Waals surface area contributed by atoms with Crippen LogP contribution in [-0.4, -0.2) is 25.0 Å². The average Bonchev–Trinajstić information content (AvgIpc) is 3.02. The molecule has 0 atom stereocenters. The van der Waals surface area contributed by atoms with Crippen LogP contribution < -0.4 is 19.7 Å². The molecule has 0 spiro atoms.